The van der Waals surface area contributed by atoms with Gasteiger partial charge in [0.05, 0.1) is 5.56 Å². The molecule has 1 amide bonds. The minimum atomic E-state index is -0.457. The molecule has 0 saturated carbocycles. The smallest absolute Gasteiger partial charge is 0.252 e. The van der Waals surface area contributed by atoms with Gasteiger partial charge in [0.1, 0.15) is 5.75 Å². The fourth-order valence-corrected chi connectivity index (χ4v) is 2.83. The first-order valence-corrected chi connectivity index (χ1v) is 8.56. The van der Waals surface area contributed by atoms with Crippen LogP contribution in [0.4, 0.5) is 0 Å². The number of primary amides is 1. The second-order valence-electron chi connectivity index (χ2n) is 5.84. The predicted molar refractivity (Wildman–Crippen MR) is 95.7 cm³/mol. The zero-order valence-corrected chi connectivity index (χ0v) is 14.8. The molecule has 0 aliphatic heterocycles. The molecule has 0 fully saturated rings. The maximum atomic E-state index is 11.8. The molecule has 3 nitrogen and oxygen atoms in total. The number of carbonyl (C=O) groups is 1. The van der Waals surface area contributed by atoms with Crippen LogP contribution in [0, 0.1) is 11.8 Å². The van der Waals surface area contributed by atoms with Crippen molar-refractivity contribution in [3.05, 3.63) is 29.3 Å². The maximum absolute atomic E-state index is 11.8. The molecule has 1 aromatic carbocycles. The van der Waals surface area contributed by atoms with Crippen LogP contribution in [0.5, 0.6) is 5.75 Å². The van der Waals surface area contributed by atoms with Gasteiger partial charge in [0.25, 0.3) is 5.91 Å². The normalized spacial score (nSPS) is 12.9. The molecule has 1 aromatic rings. The first-order valence-electron chi connectivity index (χ1n) is 8.56. The monoisotopic (exact) mass is 315 g/mol. The second kappa shape index (κ2) is 9.94. The van der Waals surface area contributed by atoms with E-state index in [2.05, 4.69) is 25.7 Å². The highest BCUT2D eigenvalue weighted by Gasteiger charge is 2.21. The second-order valence-corrected chi connectivity index (χ2v) is 5.84. The van der Waals surface area contributed by atoms with Crippen molar-refractivity contribution in [3.8, 4) is 17.6 Å². The van der Waals surface area contributed by atoms with E-state index in [1.807, 2.05) is 19.1 Å². The van der Waals surface area contributed by atoms with Gasteiger partial charge in [0.15, 0.2) is 6.10 Å². The average molecular weight is 315 g/mol. The molecule has 0 heterocycles. The maximum Gasteiger partial charge on any atom is 0.252 e. The van der Waals surface area contributed by atoms with Gasteiger partial charge in [0.2, 0.25) is 0 Å². The number of nitrogens with two attached hydrogens (primary N) is 1. The van der Waals surface area contributed by atoms with Crippen molar-refractivity contribution in [2.75, 3.05) is 0 Å². The summed E-state index contributed by atoms with van der Waals surface area (Å²) in [5.41, 5.74) is 7.06. The van der Waals surface area contributed by atoms with Crippen molar-refractivity contribution < 1.29 is 9.53 Å². The summed E-state index contributed by atoms with van der Waals surface area (Å²) in [6.45, 7) is 8.04. The van der Waals surface area contributed by atoms with Crippen molar-refractivity contribution >= 4 is 5.91 Å². The Kier molecular flexibility index (Phi) is 8.26. The van der Waals surface area contributed by atoms with Gasteiger partial charge in [-0.15, -0.1) is 5.92 Å². The molecule has 1 rings (SSSR count). The molecule has 2 atom stereocenters. The van der Waals surface area contributed by atoms with Crippen LogP contribution in [0.1, 0.15) is 81.6 Å². The van der Waals surface area contributed by atoms with E-state index in [4.69, 9.17) is 10.5 Å². The Morgan fingerprint density at radius 1 is 1.30 bits per heavy atom. The van der Waals surface area contributed by atoms with Gasteiger partial charge >= 0.3 is 0 Å². The molecule has 0 spiro atoms. The number of amides is 1. The molecule has 0 saturated heterocycles. The summed E-state index contributed by atoms with van der Waals surface area (Å²) in [4.78, 5) is 11.8. The van der Waals surface area contributed by atoms with Gasteiger partial charge in [-0.3, -0.25) is 4.79 Å². The van der Waals surface area contributed by atoms with Crippen LogP contribution in [0.3, 0.4) is 0 Å². The van der Waals surface area contributed by atoms with E-state index < -0.39 is 5.91 Å². The Morgan fingerprint density at radius 3 is 2.61 bits per heavy atom. The summed E-state index contributed by atoms with van der Waals surface area (Å²) >= 11 is 0. The highest BCUT2D eigenvalue weighted by molar-refractivity contribution is 5.96. The number of benzene rings is 1. The third-order valence-electron chi connectivity index (χ3n) is 4.04. The molecule has 0 aliphatic rings. The summed E-state index contributed by atoms with van der Waals surface area (Å²) in [7, 11) is 0. The van der Waals surface area contributed by atoms with E-state index in [1.165, 1.54) is 19.3 Å². The molecule has 3 heteroatoms. The van der Waals surface area contributed by atoms with E-state index in [9.17, 15) is 4.79 Å². The third-order valence-corrected chi connectivity index (χ3v) is 4.04. The van der Waals surface area contributed by atoms with Crippen LogP contribution < -0.4 is 10.5 Å². The molecule has 0 bridgehead atoms. The summed E-state index contributed by atoms with van der Waals surface area (Å²) in [5.74, 6) is 6.35. The minimum absolute atomic E-state index is 0.271. The highest BCUT2D eigenvalue weighted by Crippen LogP contribution is 2.35. The van der Waals surface area contributed by atoms with E-state index in [0.717, 1.165) is 18.4 Å². The number of ether oxygens (including phenoxy) is 1. The van der Waals surface area contributed by atoms with Gasteiger partial charge in [-0.1, -0.05) is 51.2 Å². The van der Waals surface area contributed by atoms with Crippen LogP contribution >= 0.6 is 0 Å². The summed E-state index contributed by atoms with van der Waals surface area (Å²) < 4.78 is 5.99. The van der Waals surface area contributed by atoms with E-state index in [-0.39, 0.29) is 6.10 Å². The number of carbonyl (C=O) groups excluding carboxylic acids is 1. The van der Waals surface area contributed by atoms with Crippen LogP contribution in [0.2, 0.25) is 0 Å². The molecule has 23 heavy (non-hydrogen) atoms. The van der Waals surface area contributed by atoms with Crippen molar-refractivity contribution in [1.29, 1.82) is 0 Å². The first-order chi connectivity index (χ1) is 11.0. The standard InChI is InChI=1S/C20H29NO2/c1-5-8-9-12-16(7-3)17-13-10-14-18(20(21)22)19(17)23-15(4)11-6-2/h10,13-16H,5,7-9,12H2,1-4H3,(H2,21,22). The Labute approximate surface area is 140 Å². The molecule has 2 unspecified atom stereocenters. The molecular formula is C20H29NO2. The van der Waals surface area contributed by atoms with E-state index in [1.54, 1.807) is 13.0 Å². The number of unbranched alkanes of at least 4 members (excludes halogenated alkanes) is 2. The molecule has 0 aromatic heterocycles. The van der Waals surface area contributed by atoms with Crippen molar-refractivity contribution in [3.63, 3.8) is 0 Å². The first kappa shape index (κ1) is 19.1. The van der Waals surface area contributed by atoms with Crippen LogP contribution in [-0.4, -0.2) is 12.0 Å². The van der Waals surface area contributed by atoms with E-state index >= 15 is 0 Å². The topological polar surface area (TPSA) is 52.3 Å². The van der Waals surface area contributed by atoms with Gasteiger partial charge in [-0.05, 0) is 44.2 Å². The molecule has 126 valence electrons. The lowest BCUT2D eigenvalue weighted by Gasteiger charge is -2.22. The molecule has 0 radical (unpaired) electrons. The van der Waals surface area contributed by atoms with Crippen LogP contribution in [0.15, 0.2) is 18.2 Å². The predicted octanol–water partition coefficient (Wildman–Crippen LogP) is 4.65. The Morgan fingerprint density at radius 2 is 2.04 bits per heavy atom. The van der Waals surface area contributed by atoms with Gasteiger partial charge in [-0.2, -0.15) is 0 Å². The number of hydrogen-bond acceptors (Lipinski definition) is 2. The minimum Gasteiger partial charge on any atom is -0.477 e. The fraction of sp³-hybridized carbons (Fsp3) is 0.550. The summed E-state index contributed by atoms with van der Waals surface area (Å²) in [6.07, 6.45) is 5.43. The zero-order chi connectivity index (χ0) is 17.2. The quantitative estimate of drug-likeness (QED) is 0.532. The lowest BCUT2D eigenvalue weighted by atomic mass is 9.89. The van der Waals surface area contributed by atoms with Gasteiger partial charge < -0.3 is 10.5 Å². The number of hydrogen-bond donors (Lipinski definition) is 1. The lowest BCUT2D eigenvalue weighted by Crippen LogP contribution is -2.18. The molecule has 0 aliphatic carbocycles. The third kappa shape index (κ3) is 5.63. The van der Waals surface area contributed by atoms with Crippen molar-refractivity contribution in [1.82, 2.24) is 0 Å². The lowest BCUT2D eigenvalue weighted by molar-refractivity contribution is 0.0995. The van der Waals surface area contributed by atoms with Crippen molar-refractivity contribution in [2.45, 2.75) is 71.8 Å². The summed E-state index contributed by atoms with van der Waals surface area (Å²) in [6, 6.07) is 5.67. The Hall–Kier alpha value is -1.95. The number of para-hydroxylation sites is 1. The van der Waals surface area contributed by atoms with Crippen molar-refractivity contribution in [2.24, 2.45) is 5.73 Å². The Bertz CT molecular complexity index is 569. The Balaban J connectivity index is 3.19. The fourth-order valence-electron chi connectivity index (χ4n) is 2.83. The molecule has 2 N–H and O–H groups in total. The van der Waals surface area contributed by atoms with Crippen LogP contribution in [-0.2, 0) is 0 Å². The number of rotatable bonds is 9. The molecular weight excluding hydrogens is 286 g/mol. The van der Waals surface area contributed by atoms with Gasteiger partial charge in [-0.25, -0.2) is 0 Å². The SMILES string of the molecule is CC#CC(C)Oc1c(C(N)=O)cccc1C(CC)CCCCC. The van der Waals surface area contributed by atoms with Crippen LogP contribution in [0.25, 0.3) is 0 Å². The van der Waals surface area contributed by atoms with E-state index in [0.29, 0.717) is 17.2 Å². The average Bonchev–Trinajstić information content (AvgIpc) is 2.52. The largest absolute Gasteiger partial charge is 0.477 e. The summed E-state index contributed by atoms with van der Waals surface area (Å²) in [5, 5.41) is 0. The van der Waals surface area contributed by atoms with Gasteiger partial charge in [0, 0.05) is 0 Å². The highest BCUT2D eigenvalue weighted by atomic mass is 16.5. The zero-order valence-electron chi connectivity index (χ0n) is 14.8.